The third-order valence-electron chi connectivity index (χ3n) is 16.2. The lowest BCUT2D eigenvalue weighted by molar-refractivity contribution is -0.379. The highest BCUT2D eigenvalue weighted by molar-refractivity contribution is 5.76. The number of aliphatic hydroxyl groups excluding tert-OH is 11. The Bertz CT molecular complexity index is 1970. The number of hydrogen-bond donors (Lipinski definition) is 12. The van der Waals surface area contributed by atoms with Gasteiger partial charge in [-0.2, -0.15) is 0 Å². The molecule has 19 nitrogen and oxygen atoms in total. The summed E-state index contributed by atoms with van der Waals surface area (Å²) in [5.74, 6) is -0.272. The first-order valence-corrected chi connectivity index (χ1v) is 33.5. The zero-order valence-corrected chi connectivity index (χ0v) is 53.2. The molecule has 3 fully saturated rings. The van der Waals surface area contributed by atoms with Crippen LogP contribution < -0.4 is 5.32 Å². The summed E-state index contributed by atoms with van der Waals surface area (Å²) in [5, 5.41) is 120. The zero-order valence-electron chi connectivity index (χ0n) is 53.2. The number of aliphatic hydroxyl groups is 11. The van der Waals surface area contributed by atoms with Crippen molar-refractivity contribution < 1.29 is 89.4 Å². The Morgan fingerprint density at radius 3 is 1.23 bits per heavy atom. The highest BCUT2D eigenvalue weighted by Gasteiger charge is 2.53. The molecule has 0 bridgehead atoms. The molecular weight excluding hydrogens is 1130 g/mol. The van der Waals surface area contributed by atoms with Gasteiger partial charge in [0.05, 0.1) is 38.6 Å². The number of allylic oxidation sites excluding steroid dienone is 16. The molecule has 3 aliphatic heterocycles. The molecule has 0 saturated carbocycles. The fourth-order valence-electron chi connectivity index (χ4n) is 10.7. The fraction of sp³-hybridized carbons (Fsp3) is 0.754. The molecule has 3 heterocycles. The Morgan fingerprint density at radius 2 is 0.784 bits per heavy atom. The Morgan fingerprint density at radius 1 is 0.420 bits per heavy atom. The van der Waals surface area contributed by atoms with Crippen LogP contribution in [0, 0.1) is 0 Å². The quantitative estimate of drug-likeness (QED) is 0.0202. The highest BCUT2D eigenvalue weighted by Crippen LogP contribution is 2.33. The van der Waals surface area contributed by atoms with Gasteiger partial charge in [0.15, 0.2) is 18.9 Å². The van der Waals surface area contributed by atoms with Crippen LogP contribution >= 0.6 is 0 Å². The van der Waals surface area contributed by atoms with E-state index in [0.29, 0.717) is 12.8 Å². The van der Waals surface area contributed by atoms with E-state index in [4.69, 9.17) is 28.4 Å². The van der Waals surface area contributed by atoms with Crippen molar-refractivity contribution in [2.75, 3.05) is 26.4 Å². The van der Waals surface area contributed by atoms with Crippen LogP contribution in [0.1, 0.15) is 200 Å². The molecule has 17 unspecified atom stereocenters. The van der Waals surface area contributed by atoms with E-state index in [0.717, 1.165) is 103 Å². The Kier molecular flexibility index (Phi) is 45.1. The molecule has 0 radical (unpaired) electrons. The van der Waals surface area contributed by atoms with Gasteiger partial charge in [-0.3, -0.25) is 4.79 Å². The lowest BCUT2D eigenvalue weighted by Gasteiger charge is -2.48. The number of unbranched alkanes of at least 4 members (excludes halogenated alkanes) is 17. The minimum Gasteiger partial charge on any atom is -0.394 e. The molecule has 0 spiro atoms. The average molecular weight is 1250 g/mol. The summed E-state index contributed by atoms with van der Waals surface area (Å²) in [6.45, 7) is 1.64. The lowest BCUT2D eigenvalue weighted by atomic mass is 9.96. The molecule has 0 aliphatic carbocycles. The first kappa shape index (κ1) is 78.9. The second-order valence-electron chi connectivity index (χ2n) is 23.6. The molecule has 0 aromatic heterocycles. The third kappa shape index (κ3) is 32.3. The first-order chi connectivity index (χ1) is 42.8. The van der Waals surface area contributed by atoms with Crippen molar-refractivity contribution in [3.8, 4) is 0 Å². The molecule has 88 heavy (non-hydrogen) atoms. The molecule has 3 aliphatic rings. The summed E-state index contributed by atoms with van der Waals surface area (Å²) in [6, 6.07) is -0.908. The maximum Gasteiger partial charge on any atom is 0.220 e. The van der Waals surface area contributed by atoms with E-state index < -0.39 is 124 Å². The van der Waals surface area contributed by atoms with E-state index in [1.807, 2.05) is 0 Å². The van der Waals surface area contributed by atoms with Crippen molar-refractivity contribution >= 4 is 5.91 Å². The van der Waals surface area contributed by atoms with Crippen molar-refractivity contribution in [2.45, 2.75) is 304 Å². The number of amides is 1. The number of carbonyl (C=O) groups is 1. The van der Waals surface area contributed by atoms with Gasteiger partial charge in [0.25, 0.3) is 0 Å². The number of hydrogen-bond acceptors (Lipinski definition) is 18. The van der Waals surface area contributed by atoms with Gasteiger partial charge in [-0.15, -0.1) is 0 Å². The number of carbonyl (C=O) groups excluding carboxylic acids is 1. The molecule has 506 valence electrons. The predicted octanol–water partition coefficient (Wildman–Crippen LogP) is 8.10. The van der Waals surface area contributed by atoms with Gasteiger partial charge in [-0.25, -0.2) is 0 Å². The highest BCUT2D eigenvalue weighted by atomic mass is 16.8. The second kappa shape index (κ2) is 50.3. The SMILES string of the molecule is CC/C=C\C/C=C\C/C=C\C/C=C\C/C=C\C/C=C\C/C=C\C/C=C\CCCCCCC(=O)NC(COC1OC(CO)C(OC2OC(CO)C(OC3OC(CO)C(O)C(O)C3O)C(O)C2O)C(O)C1O)C(O)CCCCCCCCCCCCCCCC. The monoisotopic (exact) mass is 1250 g/mol. The van der Waals surface area contributed by atoms with Crippen LogP contribution in [0.2, 0.25) is 0 Å². The molecule has 0 aromatic rings. The minimum absolute atomic E-state index is 0.230. The normalized spacial score (nSPS) is 29.0. The van der Waals surface area contributed by atoms with Crippen molar-refractivity contribution in [1.29, 1.82) is 0 Å². The van der Waals surface area contributed by atoms with E-state index in [9.17, 15) is 61.0 Å². The largest absolute Gasteiger partial charge is 0.394 e. The minimum atomic E-state index is -1.98. The number of rotatable bonds is 49. The third-order valence-corrected chi connectivity index (χ3v) is 16.2. The molecule has 0 aromatic carbocycles. The van der Waals surface area contributed by atoms with Gasteiger partial charge < -0.3 is 89.9 Å². The van der Waals surface area contributed by atoms with Crippen molar-refractivity contribution in [2.24, 2.45) is 0 Å². The maximum atomic E-state index is 13.4. The van der Waals surface area contributed by atoms with Gasteiger partial charge >= 0.3 is 0 Å². The van der Waals surface area contributed by atoms with E-state index in [1.165, 1.54) is 64.2 Å². The summed E-state index contributed by atoms with van der Waals surface area (Å²) in [5.41, 5.74) is 0. The summed E-state index contributed by atoms with van der Waals surface area (Å²) in [4.78, 5) is 13.4. The smallest absolute Gasteiger partial charge is 0.220 e. The first-order valence-electron chi connectivity index (χ1n) is 33.5. The number of nitrogens with one attached hydrogen (secondary N) is 1. The van der Waals surface area contributed by atoms with Crippen molar-refractivity contribution in [3.63, 3.8) is 0 Å². The Hall–Kier alpha value is -3.29. The summed E-state index contributed by atoms with van der Waals surface area (Å²) < 4.78 is 34.3. The van der Waals surface area contributed by atoms with Crippen LogP contribution in [-0.4, -0.2) is 193 Å². The fourth-order valence-corrected chi connectivity index (χ4v) is 10.7. The number of ether oxygens (including phenoxy) is 6. The predicted molar refractivity (Wildman–Crippen MR) is 341 cm³/mol. The Labute approximate surface area is 526 Å². The molecule has 19 heteroatoms. The standard InChI is InChI=1S/C69H117NO18/c1-3-5-7-9-11-13-15-17-19-20-21-22-23-24-25-26-27-28-29-30-31-32-33-35-37-39-41-43-45-47-57(75)70-52(53(74)46-44-42-40-38-36-34-18-16-14-12-10-8-6-4-2)51-83-67-63(81)60(78)65(55(49-72)85-67)88-69-64(82)61(79)66(56(50-73)86-69)87-68-62(80)59(77)58(76)54(48-71)84-68/h5,7,11,13,17,19,21-22,24-25,27-28,30-31,33,35,52-56,58-69,71-74,76-82H,3-4,6,8-10,12,14-16,18,20,23,26,29,32,34,36-51H2,1-2H3,(H,70,75)/b7-5-,13-11-,19-17-,22-21-,25-24-,28-27-,31-30-,35-33-. The molecule has 17 atom stereocenters. The zero-order chi connectivity index (χ0) is 64.0. The van der Waals surface area contributed by atoms with E-state index in [-0.39, 0.29) is 18.9 Å². The van der Waals surface area contributed by atoms with Crippen LogP contribution in [-0.2, 0) is 33.2 Å². The molecule has 1 amide bonds. The van der Waals surface area contributed by atoms with Gasteiger partial charge in [-0.1, -0.05) is 214 Å². The molecular formula is C69H117NO18. The van der Waals surface area contributed by atoms with Crippen LogP contribution in [0.15, 0.2) is 97.2 Å². The second-order valence-corrected chi connectivity index (χ2v) is 23.6. The van der Waals surface area contributed by atoms with Gasteiger partial charge in [0, 0.05) is 6.42 Å². The van der Waals surface area contributed by atoms with Crippen LogP contribution in [0.4, 0.5) is 0 Å². The summed E-state index contributed by atoms with van der Waals surface area (Å²) in [7, 11) is 0. The molecule has 3 saturated heterocycles. The van der Waals surface area contributed by atoms with Crippen molar-refractivity contribution in [1.82, 2.24) is 5.32 Å². The van der Waals surface area contributed by atoms with Crippen LogP contribution in [0.25, 0.3) is 0 Å². The van der Waals surface area contributed by atoms with Crippen molar-refractivity contribution in [3.05, 3.63) is 97.2 Å². The van der Waals surface area contributed by atoms with E-state index in [2.05, 4.69) is 116 Å². The van der Waals surface area contributed by atoms with Gasteiger partial charge in [0.1, 0.15) is 73.2 Å². The van der Waals surface area contributed by atoms with Crippen LogP contribution in [0.3, 0.4) is 0 Å². The average Bonchev–Trinajstić information content (AvgIpc) is 2.57. The van der Waals surface area contributed by atoms with Gasteiger partial charge in [-0.05, 0) is 77.0 Å². The lowest BCUT2D eigenvalue weighted by Crippen LogP contribution is -2.66. The molecule has 12 N–H and O–H groups in total. The topological polar surface area (TPSA) is 307 Å². The van der Waals surface area contributed by atoms with E-state index in [1.54, 1.807) is 0 Å². The van der Waals surface area contributed by atoms with E-state index >= 15 is 0 Å². The van der Waals surface area contributed by atoms with Crippen LogP contribution in [0.5, 0.6) is 0 Å². The Balaban J connectivity index is 1.43. The maximum absolute atomic E-state index is 13.4. The molecule has 3 rings (SSSR count). The summed E-state index contributed by atoms with van der Waals surface area (Å²) >= 11 is 0. The van der Waals surface area contributed by atoms with Gasteiger partial charge in [0.2, 0.25) is 5.91 Å². The summed E-state index contributed by atoms with van der Waals surface area (Å²) in [6.07, 6.45) is 37.7.